The number of anilines is 3. The third-order valence-corrected chi connectivity index (χ3v) is 8.28. The van der Waals surface area contributed by atoms with E-state index in [0.717, 1.165) is 77.4 Å². The van der Waals surface area contributed by atoms with Crippen molar-refractivity contribution < 1.29 is 8.83 Å². The minimum atomic E-state index is 0.799. The van der Waals surface area contributed by atoms with Crippen molar-refractivity contribution in [1.82, 2.24) is 4.98 Å². The highest BCUT2D eigenvalue weighted by molar-refractivity contribution is 6.14. The number of hydrogen-bond acceptors (Lipinski definition) is 4. The molecule has 0 spiro atoms. The summed E-state index contributed by atoms with van der Waals surface area (Å²) < 4.78 is 12.6. The molecule has 6 aromatic carbocycles. The topological polar surface area (TPSA) is 42.4 Å². The van der Waals surface area contributed by atoms with Gasteiger partial charge >= 0.3 is 0 Å². The third-order valence-electron chi connectivity index (χ3n) is 8.28. The lowest BCUT2D eigenvalue weighted by Crippen LogP contribution is -2.10. The number of rotatable bonds is 4. The molecule has 0 radical (unpaired) electrons. The van der Waals surface area contributed by atoms with Crippen LogP contribution in [0.4, 0.5) is 17.1 Å². The van der Waals surface area contributed by atoms with E-state index >= 15 is 0 Å². The van der Waals surface area contributed by atoms with E-state index < -0.39 is 0 Å². The molecule has 0 saturated carbocycles. The number of fused-ring (bicyclic) bond motifs is 8. The van der Waals surface area contributed by atoms with E-state index in [9.17, 15) is 0 Å². The largest absolute Gasteiger partial charge is 0.456 e. The van der Waals surface area contributed by atoms with Gasteiger partial charge in [0.05, 0.1) is 0 Å². The van der Waals surface area contributed by atoms with Crippen molar-refractivity contribution in [2.75, 3.05) is 4.90 Å². The highest BCUT2D eigenvalue weighted by atomic mass is 16.3. The second kappa shape index (κ2) is 9.33. The molecule has 0 aliphatic heterocycles. The number of hydrogen-bond donors (Lipinski definition) is 0. The molecule has 3 heterocycles. The Bertz CT molecular complexity index is 2470. The molecular weight excluding hydrogens is 528 g/mol. The summed E-state index contributed by atoms with van der Waals surface area (Å²) >= 11 is 0. The molecule has 0 unspecified atom stereocenters. The van der Waals surface area contributed by atoms with Gasteiger partial charge in [0.2, 0.25) is 0 Å². The van der Waals surface area contributed by atoms with Gasteiger partial charge < -0.3 is 13.7 Å². The first-order chi connectivity index (χ1) is 21.3. The van der Waals surface area contributed by atoms with Gasteiger partial charge in [0.15, 0.2) is 5.58 Å². The first-order valence-electron chi connectivity index (χ1n) is 14.4. The van der Waals surface area contributed by atoms with Gasteiger partial charge in [0.1, 0.15) is 22.3 Å². The van der Waals surface area contributed by atoms with E-state index in [2.05, 4.69) is 119 Å². The van der Waals surface area contributed by atoms with Crippen LogP contribution in [0, 0.1) is 0 Å². The minimum Gasteiger partial charge on any atom is -0.456 e. The molecule has 0 amide bonds. The molecule has 9 rings (SSSR count). The summed E-state index contributed by atoms with van der Waals surface area (Å²) in [5.41, 5.74) is 9.76. The number of benzene rings is 6. The molecule has 0 N–H and O–H groups in total. The van der Waals surface area contributed by atoms with E-state index in [4.69, 9.17) is 8.83 Å². The minimum absolute atomic E-state index is 0.799. The van der Waals surface area contributed by atoms with Crippen LogP contribution in [0.15, 0.2) is 155 Å². The lowest BCUT2D eigenvalue weighted by Gasteiger charge is -2.26. The van der Waals surface area contributed by atoms with Crippen LogP contribution in [0.5, 0.6) is 0 Å². The van der Waals surface area contributed by atoms with Crippen LogP contribution in [-0.4, -0.2) is 4.98 Å². The summed E-state index contributed by atoms with van der Waals surface area (Å²) in [5, 5.41) is 5.41. The van der Waals surface area contributed by atoms with Crippen LogP contribution in [0.1, 0.15) is 0 Å². The van der Waals surface area contributed by atoms with Crippen LogP contribution in [0.2, 0.25) is 0 Å². The summed E-state index contributed by atoms with van der Waals surface area (Å²) in [6.45, 7) is 0. The molecule has 4 heteroatoms. The summed E-state index contributed by atoms with van der Waals surface area (Å²) in [4.78, 5) is 6.86. The maximum absolute atomic E-state index is 6.31. The fourth-order valence-corrected chi connectivity index (χ4v) is 6.27. The molecule has 0 aliphatic rings. The van der Waals surface area contributed by atoms with Crippen molar-refractivity contribution in [2.24, 2.45) is 0 Å². The summed E-state index contributed by atoms with van der Waals surface area (Å²) in [6, 6.07) is 48.6. The van der Waals surface area contributed by atoms with Gasteiger partial charge in [-0.05, 0) is 83.2 Å². The average molecular weight is 553 g/mol. The SMILES string of the molecule is c1ccc(-c2cccc(N(c3ccc4c(ccc5c6ncccc6oc45)c3)c3ccc4c(c3)oc3ccccc34)c2)cc1. The second-order valence-electron chi connectivity index (χ2n) is 10.8. The zero-order valence-corrected chi connectivity index (χ0v) is 23.1. The van der Waals surface area contributed by atoms with Gasteiger partial charge in [0.25, 0.3) is 0 Å². The lowest BCUT2D eigenvalue weighted by atomic mass is 10.0. The second-order valence-corrected chi connectivity index (χ2v) is 10.8. The molecule has 0 fully saturated rings. The highest BCUT2D eigenvalue weighted by Crippen LogP contribution is 2.41. The Balaban J connectivity index is 1.25. The molecule has 3 aromatic heterocycles. The smallest absolute Gasteiger partial charge is 0.153 e. The van der Waals surface area contributed by atoms with Crippen LogP contribution in [0.3, 0.4) is 0 Å². The number of pyridine rings is 1. The quantitative estimate of drug-likeness (QED) is 0.218. The first-order valence-corrected chi connectivity index (χ1v) is 14.4. The van der Waals surface area contributed by atoms with E-state index in [1.165, 1.54) is 5.56 Å². The average Bonchev–Trinajstić information content (AvgIpc) is 3.64. The Morgan fingerprint density at radius 3 is 2.09 bits per heavy atom. The normalized spacial score (nSPS) is 11.7. The maximum Gasteiger partial charge on any atom is 0.153 e. The van der Waals surface area contributed by atoms with Gasteiger partial charge in [-0.15, -0.1) is 0 Å². The van der Waals surface area contributed by atoms with Gasteiger partial charge in [-0.25, -0.2) is 0 Å². The molecule has 0 aliphatic carbocycles. The van der Waals surface area contributed by atoms with Crippen molar-refractivity contribution >= 4 is 71.8 Å². The predicted molar refractivity (Wildman–Crippen MR) is 176 cm³/mol. The number of aromatic nitrogens is 1. The molecule has 0 saturated heterocycles. The Labute approximate surface area is 247 Å². The molecule has 0 atom stereocenters. The standard InChI is InChI=1S/C39H24N2O2/c1-2-8-25(9-3-1)26-10-6-11-28(22-26)41(30-17-20-33-32-12-4-5-13-35(32)42-37(33)24-30)29-16-19-31-27(23-29)15-18-34-38-36(43-39(31)34)14-7-21-40-38/h1-24H. The van der Waals surface area contributed by atoms with Crippen LogP contribution < -0.4 is 4.90 Å². The van der Waals surface area contributed by atoms with Gasteiger partial charge in [0, 0.05) is 50.9 Å². The zero-order valence-electron chi connectivity index (χ0n) is 23.1. The van der Waals surface area contributed by atoms with Crippen molar-refractivity contribution in [3.8, 4) is 11.1 Å². The molecule has 43 heavy (non-hydrogen) atoms. The van der Waals surface area contributed by atoms with E-state index in [-0.39, 0.29) is 0 Å². The number of furan rings is 2. The molecule has 9 aromatic rings. The van der Waals surface area contributed by atoms with E-state index in [1.54, 1.807) is 0 Å². The first kappa shape index (κ1) is 23.8. The van der Waals surface area contributed by atoms with Crippen molar-refractivity contribution in [3.63, 3.8) is 0 Å². The number of para-hydroxylation sites is 1. The summed E-state index contributed by atoms with van der Waals surface area (Å²) in [5.74, 6) is 0. The Morgan fingerprint density at radius 2 is 1.16 bits per heavy atom. The van der Waals surface area contributed by atoms with Crippen molar-refractivity contribution in [2.45, 2.75) is 0 Å². The molecule has 4 nitrogen and oxygen atoms in total. The van der Waals surface area contributed by atoms with Gasteiger partial charge in [-0.1, -0.05) is 66.7 Å². The fourth-order valence-electron chi connectivity index (χ4n) is 6.27. The molecular formula is C39H24N2O2. The Morgan fingerprint density at radius 1 is 0.442 bits per heavy atom. The number of nitrogens with zero attached hydrogens (tertiary/aromatic N) is 2. The van der Waals surface area contributed by atoms with Gasteiger partial charge in [-0.3, -0.25) is 4.98 Å². The zero-order chi connectivity index (χ0) is 28.3. The van der Waals surface area contributed by atoms with Gasteiger partial charge in [-0.2, -0.15) is 0 Å². The molecule has 202 valence electrons. The Hall–Kier alpha value is -5.87. The van der Waals surface area contributed by atoms with Crippen LogP contribution >= 0.6 is 0 Å². The highest BCUT2D eigenvalue weighted by Gasteiger charge is 2.18. The van der Waals surface area contributed by atoms with Crippen LogP contribution in [0.25, 0.3) is 65.9 Å². The van der Waals surface area contributed by atoms with E-state index in [1.807, 2.05) is 36.5 Å². The Kier molecular flexibility index (Phi) is 5.16. The maximum atomic E-state index is 6.31. The van der Waals surface area contributed by atoms with E-state index in [0.29, 0.717) is 0 Å². The summed E-state index contributed by atoms with van der Waals surface area (Å²) in [7, 11) is 0. The fraction of sp³-hybridized carbons (Fsp3) is 0. The molecule has 0 bridgehead atoms. The van der Waals surface area contributed by atoms with Crippen molar-refractivity contribution in [3.05, 3.63) is 146 Å². The third kappa shape index (κ3) is 3.81. The van der Waals surface area contributed by atoms with Crippen LogP contribution in [-0.2, 0) is 0 Å². The predicted octanol–water partition coefficient (Wildman–Crippen LogP) is 11.2. The monoisotopic (exact) mass is 552 g/mol. The summed E-state index contributed by atoms with van der Waals surface area (Å²) in [6.07, 6.45) is 1.81. The lowest BCUT2D eigenvalue weighted by molar-refractivity contribution is 0.669. The van der Waals surface area contributed by atoms with Crippen molar-refractivity contribution in [1.29, 1.82) is 0 Å².